The van der Waals surface area contributed by atoms with Crippen molar-refractivity contribution >= 4 is 27.5 Å². The number of carbonyl (C=O) groups excluding carboxylic acids is 1. The van der Waals surface area contributed by atoms with Crippen LogP contribution in [0.3, 0.4) is 0 Å². The maximum atomic E-state index is 12.3. The summed E-state index contributed by atoms with van der Waals surface area (Å²) in [5, 5.41) is 5.03. The van der Waals surface area contributed by atoms with Gasteiger partial charge in [0, 0.05) is 24.3 Å². The number of rotatable bonds is 3. The van der Waals surface area contributed by atoms with Crippen molar-refractivity contribution in [1.29, 1.82) is 0 Å². The number of amides is 1. The fraction of sp³-hybridized carbons (Fsp3) is 0.500. The lowest BCUT2D eigenvalue weighted by Gasteiger charge is -2.44. The highest BCUT2D eigenvalue weighted by Crippen LogP contribution is 2.27. The van der Waals surface area contributed by atoms with Gasteiger partial charge in [-0.3, -0.25) is 9.59 Å². The Morgan fingerprint density at radius 1 is 1.41 bits per heavy atom. The zero-order chi connectivity index (χ0) is 15.1. The molecule has 0 aliphatic carbocycles. The standard InChI is InChI=1S/C16H19N3O2S/c20-14(18-13-9-19-4-1-10(13)2-5-19)7-11-8-17-12-3-6-22-16(12)15(11)21/h3,6,8,10,13H,1-2,4-5,7,9H2,(H,17,21)(H,18,20)/t13-/m0/s1. The third kappa shape index (κ3) is 2.46. The van der Waals surface area contributed by atoms with Crippen molar-refractivity contribution in [3.63, 3.8) is 0 Å². The summed E-state index contributed by atoms with van der Waals surface area (Å²) in [5.41, 5.74) is 1.37. The minimum Gasteiger partial charge on any atom is -0.360 e. The number of thiophene rings is 1. The van der Waals surface area contributed by atoms with Crippen LogP contribution in [0.5, 0.6) is 0 Å². The summed E-state index contributed by atoms with van der Waals surface area (Å²) in [5.74, 6) is 0.562. The van der Waals surface area contributed by atoms with Gasteiger partial charge in [0.05, 0.1) is 16.6 Å². The molecule has 116 valence electrons. The van der Waals surface area contributed by atoms with Gasteiger partial charge in [-0.25, -0.2) is 0 Å². The van der Waals surface area contributed by atoms with Gasteiger partial charge in [-0.1, -0.05) is 0 Å². The number of carbonyl (C=O) groups is 1. The van der Waals surface area contributed by atoms with Crippen LogP contribution >= 0.6 is 11.3 Å². The minimum atomic E-state index is -0.0415. The molecular weight excluding hydrogens is 298 g/mol. The smallest absolute Gasteiger partial charge is 0.224 e. The molecule has 2 aromatic heterocycles. The molecule has 3 aliphatic heterocycles. The fourth-order valence-electron chi connectivity index (χ4n) is 3.67. The van der Waals surface area contributed by atoms with Crippen LogP contribution in [0.4, 0.5) is 0 Å². The van der Waals surface area contributed by atoms with Crippen molar-refractivity contribution in [3.05, 3.63) is 33.4 Å². The molecule has 0 aromatic carbocycles. The SMILES string of the molecule is O=C(Cc1c[nH]c2ccsc2c1=O)N[C@H]1CN2CCC1CC2. The molecule has 5 rings (SSSR count). The summed E-state index contributed by atoms with van der Waals surface area (Å²) in [6.07, 6.45) is 4.18. The van der Waals surface area contributed by atoms with E-state index in [9.17, 15) is 9.59 Å². The zero-order valence-electron chi connectivity index (χ0n) is 12.3. The van der Waals surface area contributed by atoms with E-state index in [0.717, 1.165) is 25.2 Å². The Kier molecular flexibility index (Phi) is 3.50. The van der Waals surface area contributed by atoms with E-state index in [1.165, 1.54) is 24.2 Å². The van der Waals surface area contributed by atoms with Gasteiger partial charge in [0.25, 0.3) is 0 Å². The van der Waals surface area contributed by atoms with Crippen LogP contribution in [-0.4, -0.2) is 41.5 Å². The number of fused-ring (bicyclic) bond motifs is 4. The third-order valence-corrected chi connectivity index (χ3v) is 5.83. The molecule has 0 radical (unpaired) electrons. The average Bonchev–Trinajstić information content (AvgIpc) is 3.01. The lowest BCUT2D eigenvalue weighted by atomic mass is 9.84. The predicted molar refractivity (Wildman–Crippen MR) is 87.2 cm³/mol. The Balaban J connectivity index is 1.47. The highest BCUT2D eigenvalue weighted by atomic mass is 32.1. The first-order valence-electron chi connectivity index (χ1n) is 7.80. The first-order chi connectivity index (χ1) is 10.7. The summed E-state index contributed by atoms with van der Waals surface area (Å²) in [6.45, 7) is 3.27. The van der Waals surface area contributed by atoms with Crippen LogP contribution in [0, 0.1) is 5.92 Å². The second-order valence-corrected chi connectivity index (χ2v) is 7.21. The van der Waals surface area contributed by atoms with Crippen molar-refractivity contribution in [1.82, 2.24) is 15.2 Å². The summed E-state index contributed by atoms with van der Waals surface area (Å²) >= 11 is 1.42. The van der Waals surface area contributed by atoms with E-state index >= 15 is 0 Å². The van der Waals surface area contributed by atoms with Gasteiger partial charge >= 0.3 is 0 Å². The number of hydrogen-bond acceptors (Lipinski definition) is 4. The molecule has 3 aliphatic rings. The molecule has 22 heavy (non-hydrogen) atoms. The van der Waals surface area contributed by atoms with Crippen molar-refractivity contribution in [2.45, 2.75) is 25.3 Å². The van der Waals surface area contributed by atoms with Gasteiger partial charge in [0.2, 0.25) is 11.3 Å². The van der Waals surface area contributed by atoms with Gasteiger partial charge in [-0.2, -0.15) is 0 Å². The van der Waals surface area contributed by atoms with Crippen molar-refractivity contribution < 1.29 is 4.79 Å². The number of pyridine rings is 1. The van der Waals surface area contributed by atoms with Crippen molar-refractivity contribution in [3.8, 4) is 0 Å². The summed E-state index contributed by atoms with van der Waals surface area (Å²) < 4.78 is 0.702. The highest BCUT2D eigenvalue weighted by Gasteiger charge is 2.34. The quantitative estimate of drug-likeness (QED) is 0.898. The Hall–Kier alpha value is -1.66. The average molecular weight is 317 g/mol. The first-order valence-corrected chi connectivity index (χ1v) is 8.68. The molecule has 0 unspecified atom stereocenters. The van der Waals surface area contributed by atoms with Crippen LogP contribution in [0.2, 0.25) is 0 Å². The molecule has 2 aromatic rings. The number of hydrogen-bond donors (Lipinski definition) is 2. The molecule has 1 amide bonds. The Bertz CT molecular complexity index is 758. The molecule has 3 fully saturated rings. The molecule has 1 atom stereocenters. The molecule has 2 N–H and O–H groups in total. The van der Waals surface area contributed by atoms with Crippen molar-refractivity contribution in [2.75, 3.05) is 19.6 Å². The maximum Gasteiger partial charge on any atom is 0.224 e. The van der Waals surface area contributed by atoms with E-state index in [1.54, 1.807) is 6.20 Å². The highest BCUT2D eigenvalue weighted by molar-refractivity contribution is 7.17. The summed E-state index contributed by atoms with van der Waals surface area (Å²) in [4.78, 5) is 30.2. The van der Waals surface area contributed by atoms with Gasteiger partial charge in [0.1, 0.15) is 0 Å². The minimum absolute atomic E-state index is 0.0205. The van der Waals surface area contributed by atoms with E-state index in [4.69, 9.17) is 0 Å². The van der Waals surface area contributed by atoms with E-state index in [1.807, 2.05) is 11.4 Å². The second kappa shape index (κ2) is 5.52. The van der Waals surface area contributed by atoms with Gasteiger partial charge in [0.15, 0.2) is 0 Å². The molecule has 3 saturated heterocycles. The number of piperidine rings is 3. The molecule has 5 nitrogen and oxygen atoms in total. The number of nitrogens with one attached hydrogen (secondary N) is 2. The van der Waals surface area contributed by atoms with Crippen LogP contribution in [0.15, 0.2) is 22.4 Å². The largest absolute Gasteiger partial charge is 0.360 e. The summed E-state index contributed by atoms with van der Waals surface area (Å²) in [6, 6.07) is 2.14. The Labute approximate surface area is 132 Å². The topological polar surface area (TPSA) is 65.2 Å². The molecule has 2 bridgehead atoms. The van der Waals surface area contributed by atoms with Crippen LogP contribution in [0.25, 0.3) is 10.2 Å². The van der Waals surface area contributed by atoms with Gasteiger partial charge in [-0.15, -0.1) is 11.3 Å². The lowest BCUT2D eigenvalue weighted by Crippen LogP contribution is -2.57. The lowest BCUT2D eigenvalue weighted by molar-refractivity contribution is -0.122. The van der Waals surface area contributed by atoms with Crippen molar-refractivity contribution in [2.24, 2.45) is 5.92 Å². The normalized spacial score (nSPS) is 27.2. The van der Waals surface area contributed by atoms with E-state index in [0.29, 0.717) is 16.2 Å². The van der Waals surface area contributed by atoms with Gasteiger partial charge in [-0.05, 0) is 43.3 Å². The van der Waals surface area contributed by atoms with Gasteiger partial charge < -0.3 is 15.2 Å². The first kappa shape index (κ1) is 14.0. The monoisotopic (exact) mass is 317 g/mol. The third-order valence-electron chi connectivity index (χ3n) is 4.92. The second-order valence-electron chi connectivity index (χ2n) is 6.30. The molecule has 6 heteroatoms. The maximum absolute atomic E-state index is 12.3. The number of H-pyrrole nitrogens is 1. The molecule has 0 saturated carbocycles. The predicted octanol–water partition coefficient (Wildman–Crippen LogP) is 1.34. The molecular formula is C16H19N3O2S. The zero-order valence-corrected chi connectivity index (χ0v) is 13.1. The van der Waals surface area contributed by atoms with E-state index in [2.05, 4.69) is 15.2 Å². The Morgan fingerprint density at radius 3 is 2.95 bits per heavy atom. The number of nitrogens with zero attached hydrogens (tertiary/aromatic N) is 1. The van der Waals surface area contributed by atoms with E-state index in [-0.39, 0.29) is 23.8 Å². The Morgan fingerprint density at radius 2 is 2.23 bits per heavy atom. The summed E-state index contributed by atoms with van der Waals surface area (Å²) in [7, 11) is 0. The van der Waals surface area contributed by atoms with Crippen LogP contribution in [0.1, 0.15) is 18.4 Å². The fourth-order valence-corrected chi connectivity index (χ4v) is 4.50. The van der Waals surface area contributed by atoms with E-state index < -0.39 is 0 Å². The molecule has 5 heterocycles. The number of aromatic amines is 1. The van der Waals surface area contributed by atoms with Crippen LogP contribution < -0.4 is 10.7 Å². The number of aromatic nitrogens is 1. The van der Waals surface area contributed by atoms with Crippen LogP contribution in [-0.2, 0) is 11.2 Å². The molecule has 0 spiro atoms.